The van der Waals surface area contributed by atoms with Crippen molar-refractivity contribution in [1.82, 2.24) is 4.98 Å². The molecular weight excluding hydrogens is 256 g/mol. The highest BCUT2D eigenvalue weighted by molar-refractivity contribution is 7.13. The number of aromatic nitrogens is 1. The summed E-state index contributed by atoms with van der Waals surface area (Å²) < 4.78 is 5.05. The van der Waals surface area contributed by atoms with E-state index < -0.39 is 0 Å². The summed E-state index contributed by atoms with van der Waals surface area (Å²) in [6.45, 7) is 1.12. The number of ether oxygens (including phenoxy) is 1. The number of methoxy groups -OCH3 is 1. The molecule has 17 heavy (non-hydrogen) atoms. The van der Waals surface area contributed by atoms with Crippen LogP contribution in [0.5, 0.6) is 0 Å². The fourth-order valence-corrected chi connectivity index (χ4v) is 2.29. The minimum absolute atomic E-state index is 0. The van der Waals surface area contributed by atoms with Crippen molar-refractivity contribution in [3.8, 4) is 10.6 Å². The molecule has 0 radical (unpaired) electrons. The Balaban J connectivity index is 0.00000144. The Kier molecular flexibility index (Phi) is 5.58. The summed E-state index contributed by atoms with van der Waals surface area (Å²) in [6, 6.07) is 8.16. The van der Waals surface area contributed by atoms with E-state index in [0.29, 0.717) is 13.2 Å². The van der Waals surface area contributed by atoms with E-state index in [1.165, 1.54) is 0 Å². The standard InChI is InChI=1S/C12H14N2OS.ClH/c1-15-7-11-8-16-12(14-11)10-4-2-3-9(5-10)6-13;/h2-5,8H,6-7,13H2,1H3;1H. The van der Waals surface area contributed by atoms with Crippen molar-refractivity contribution in [3.63, 3.8) is 0 Å². The van der Waals surface area contributed by atoms with Crippen molar-refractivity contribution in [1.29, 1.82) is 0 Å². The molecule has 0 fully saturated rings. The van der Waals surface area contributed by atoms with Gasteiger partial charge in [-0.15, -0.1) is 23.7 Å². The molecule has 2 N–H and O–H groups in total. The topological polar surface area (TPSA) is 48.1 Å². The Morgan fingerprint density at radius 1 is 1.41 bits per heavy atom. The zero-order chi connectivity index (χ0) is 11.4. The maximum absolute atomic E-state index is 5.61. The van der Waals surface area contributed by atoms with Gasteiger partial charge in [0.2, 0.25) is 0 Å². The fraction of sp³-hybridized carbons (Fsp3) is 0.250. The molecule has 0 unspecified atom stereocenters. The molecule has 0 aliphatic heterocycles. The van der Waals surface area contributed by atoms with Gasteiger partial charge in [0.25, 0.3) is 0 Å². The van der Waals surface area contributed by atoms with Crippen LogP contribution in [0, 0.1) is 0 Å². The molecule has 92 valence electrons. The average molecular weight is 271 g/mol. The number of benzene rings is 1. The van der Waals surface area contributed by atoms with Crippen molar-refractivity contribution >= 4 is 23.7 Å². The molecule has 0 saturated carbocycles. The van der Waals surface area contributed by atoms with Crippen LogP contribution in [0.3, 0.4) is 0 Å². The van der Waals surface area contributed by atoms with E-state index in [1.807, 2.05) is 17.5 Å². The molecule has 2 aromatic rings. The van der Waals surface area contributed by atoms with E-state index >= 15 is 0 Å². The highest BCUT2D eigenvalue weighted by atomic mass is 35.5. The van der Waals surface area contributed by atoms with Crippen molar-refractivity contribution < 1.29 is 4.74 Å². The number of hydrogen-bond acceptors (Lipinski definition) is 4. The van der Waals surface area contributed by atoms with Gasteiger partial charge in [0.05, 0.1) is 12.3 Å². The molecular formula is C12H15ClN2OS. The lowest BCUT2D eigenvalue weighted by Crippen LogP contribution is -1.95. The molecule has 0 aliphatic carbocycles. The molecule has 0 atom stereocenters. The Bertz CT molecular complexity index is 473. The maximum Gasteiger partial charge on any atom is 0.123 e. The van der Waals surface area contributed by atoms with Gasteiger partial charge in [-0.1, -0.05) is 18.2 Å². The molecule has 2 rings (SSSR count). The summed E-state index contributed by atoms with van der Waals surface area (Å²) >= 11 is 1.63. The van der Waals surface area contributed by atoms with Crippen LogP contribution >= 0.6 is 23.7 Å². The summed E-state index contributed by atoms with van der Waals surface area (Å²) in [5.41, 5.74) is 8.83. The Hall–Kier alpha value is -0.940. The van der Waals surface area contributed by atoms with E-state index in [1.54, 1.807) is 18.4 Å². The minimum Gasteiger partial charge on any atom is -0.378 e. The van der Waals surface area contributed by atoms with Gasteiger partial charge >= 0.3 is 0 Å². The van der Waals surface area contributed by atoms with Crippen molar-refractivity contribution in [2.45, 2.75) is 13.2 Å². The zero-order valence-electron chi connectivity index (χ0n) is 9.55. The zero-order valence-corrected chi connectivity index (χ0v) is 11.2. The number of halogens is 1. The van der Waals surface area contributed by atoms with Crippen LogP contribution in [0.2, 0.25) is 0 Å². The van der Waals surface area contributed by atoms with Gasteiger partial charge in [0.15, 0.2) is 0 Å². The summed E-state index contributed by atoms with van der Waals surface area (Å²) in [7, 11) is 1.67. The third-order valence-corrected chi connectivity index (χ3v) is 3.19. The van der Waals surface area contributed by atoms with Gasteiger partial charge in [0, 0.05) is 24.6 Å². The predicted octanol–water partition coefficient (Wildman–Crippen LogP) is 2.84. The van der Waals surface area contributed by atoms with Gasteiger partial charge in [0.1, 0.15) is 5.01 Å². The van der Waals surface area contributed by atoms with Crippen LogP contribution in [-0.4, -0.2) is 12.1 Å². The molecule has 1 heterocycles. The summed E-state index contributed by atoms with van der Waals surface area (Å²) in [4.78, 5) is 4.50. The molecule has 1 aromatic heterocycles. The number of nitrogens with zero attached hydrogens (tertiary/aromatic N) is 1. The molecule has 5 heteroatoms. The van der Waals surface area contributed by atoms with Gasteiger partial charge in [-0.25, -0.2) is 4.98 Å². The number of rotatable bonds is 4. The van der Waals surface area contributed by atoms with E-state index in [9.17, 15) is 0 Å². The maximum atomic E-state index is 5.61. The third kappa shape index (κ3) is 3.51. The second-order valence-corrected chi connectivity index (χ2v) is 4.34. The SMILES string of the molecule is COCc1csc(-c2cccc(CN)c2)n1.Cl. The first kappa shape index (κ1) is 14.1. The number of nitrogens with two attached hydrogens (primary N) is 1. The van der Waals surface area contributed by atoms with Gasteiger partial charge in [-0.05, 0) is 11.6 Å². The van der Waals surface area contributed by atoms with Crippen LogP contribution < -0.4 is 5.73 Å². The Labute approximate surface area is 111 Å². The average Bonchev–Trinajstić information content (AvgIpc) is 2.78. The largest absolute Gasteiger partial charge is 0.378 e. The summed E-state index contributed by atoms with van der Waals surface area (Å²) in [6.07, 6.45) is 0. The van der Waals surface area contributed by atoms with Crippen molar-refractivity contribution in [2.75, 3.05) is 7.11 Å². The lowest BCUT2D eigenvalue weighted by molar-refractivity contribution is 0.182. The van der Waals surface area contributed by atoms with Crippen LogP contribution in [0.1, 0.15) is 11.3 Å². The molecule has 0 saturated heterocycles. The molecule has 0 spiro atoms. The lowest BCUT2D eigenvalue weighted by Gasteiger charge is -1.99. The molecule has 0 aliphatic rings. The first-order chi connectivity index (χ1) is 7.83. The smallest absolute Gasteiger partial charge is 0.123 e. The number of thiazole rings is 1. The Morgan fingerprint density at radius 2 is 2.24 bits per heavy atom. The van der Waals surface area contributed by atoms with Gasteiger partial charge < -0.3 is 10.5 Å². The fourth-order valence-electron chi connectivity index (χ4n) is 1.49. The third-order valence-electron chi connectivity index (χ3n) is 2.25. The van der Waals surface area contributed by atoms with E-state index in [-0.39, 0.29) is 12.4 Å². The predicted molar refractivity (Wildman–Crippen MR) is 73.4 cm³/mol. The van der Waals surface area contributed by atoms with E-state index in [4.69, 9.17) is 10.5 Å². The normalized spacial score (nSPS) is 10.0. The lowest BCUT2D eigenvalue weighted by atomic mass is 10.1. The quantitative estimate of drug-likeness (QED) is 0.929. The second kappa shape index (κ2) is 6.71. The van der Waals surface area contributed by atoms with Crippen LogP contribution in [0.15, 0.2) is 29.6 Å². The summed E-state index contributed by atoms with van der Waals surface area (Å²) in [5, 5.41) is 3.04. The summed E-state index contributed by atoms with van der Waals surface area (Å²) in [5.74, 6) is 0. The van der Waals surface area contributed by atoms with Crippen LogP contribution in [0.4, 0.5) is 0 Å². The van der Waals surface area contributed by atoms with Crippen LogP contribution in [0.25, 0.3) is 10.6 Å². The molecule has 1 aromatic carbocycles. The number of hydrogen-bond donors (Lipinski definition) is 1. The Morgan fingerprint density at radius 3 is 2.94 bits per heavy atom. The van der Waals surface area contributed by atoms with Gasteiger partial charge in [-0.3, -0.25) is 0 Å². The minimum atomic E-state index is 0. The van der Waals surface area contributed by atoms with Crippen molar-refractivity contribution in [3.05, 3.63) is 40.9 Å². The first-order valence-corrected chi connectivity index (χ1v) is 5.94. The van der Waals surface area contributed by atoms with E-state index in [2.05, 4.69) is 17.1 Å². The second-order valence-electron chi connectivity index (χ2n) is 3.48. The van der Waals surface area contributed by atoms with Gasteiger partial charge in [-0.2, -0.15) is 0 Å². The monoisotopic (exact) mass is 270 g/mol. The molecule has 0 bridgehead atoms. The van der Waals surface area contributed by atoms with E-state index in [0.717, 1.165) is 21.8 Å². The molecule has 0 amide bonds. The van der Waals surface area contributed by atoms with Crippen molar-refractivity contribution in [2.24, 2.45) is 5.73 Å². The first-order valence-electron chi connectivity index (χ1n) is 5.06. The highest BCUT2D eigenvalue weighted by Crippen LogP contribution is 2.24. The molecule has 3 nitrogen and oxygen atoms in total. The van der Waals surface area contributed by atoms with Crippen LogP contribution in [-0.2, 0) is 17.9 Å². The highest BCUT2D eigenvalue weighted by Gasteiger charge is 2.04.